The van der Waals surface area contributed by atoms with Crippen LogP contribution in [0.25, 0.3) is 0 Å². The molecule has 0 bridgehead atoms. The van der Waals surface area contributed by atoms with Gasteiger partial charge in [0.2, 0.25) is 0 Å². The summed E-state index contributed by atoms with van der Waals surface area (Å²) in [4.78, 5) is 10.0. The van der Waals surface area contributed by atoms with Gasteiger partial charge in [0.15, 0.2) is 0 Å². The Bertz CT molecular complexity index is 728. The maximum Gasteiger partial charge on any atom is 0.271 e. The molecule has 7 heteroatoms. The predicted molar refractivity (Wildman–Crippen MR) is 72.0 cm³/mol. The highest BCUT2D eigenvalue weighted by atomic mass is 79.9. The highest BCUT2D eigenvalue weighted by Gasteiger charge is 2.12. The first-order valence-electron chi connectivity index (χ1n) is 5.32. The quantitative estimate of drug-likeness (QED) is 0.622. The molecule has 2 aromatic rings. The first kappa shape index (κ1) is 14.0. The number of nitro groups is 1. The molecule has 5 nitrogen and oxygen atoms in total. The third-order valence-electron chi connectivity index (χ3n) is 2.41. The van der Waals surface area contributed by atoms with Crippen molar-refractivity contribution in [2.75, 3.05) is 0 Å². The Hall–Kier alpha value is -2.46. The van der Waals surface area contributed by atoms with E-state index in [4.69, 9.17) is 10.00 Å². The molecule has 0 saturated carbocycles. The first-order chi connectivity index (χ1) is 9.51. The van der Waals surface area contributed by atoms with Crippen LogP contribution in [0.2, 0.25) is 0 Å². The van der Waals surface area contributed by atoms with Gasteiger partial charge >= 0.3 is 0 Å². The van der Waals surface area contributed by atoms with Crippen molar-refractivity contribution < 1.29 is 14.1 Å². The van der Waals surface area contributed by atoms with E-state index in [0.717, 1.165) is 6.07 Å². The van der Waals surface area contributed by atoms with Gasteiger partial charge in [-0.1, -0.05) is 0 Å². The van der Waals surface area contributed by atoms with Gasteiger partial charge in [-0.05, 0) is 40.2 Å². The second-order valence-corrected chi connectivity index (χ2v) is 4.58. The molecule has 2 aromatic carbocycles. The molecule has 0 saturated heterocycles. The van der Waals surface area contributed by atoms with Crippen molar-refractivity contribution in [3.8, 4) is 17.6 Å². The van der Waals surface area contributed by atoms with E-state index >= 15 is 0 Å². The highest BCUT2D eigenvalue weighted by Crippen LogP contribution is 2.30. The van der Waals surface area contributed by atoms with Gasteiger partial charge in [-0.2, -0.15) is 5.26 Å². The van der Waals surface area contributed by atoms with Crippen LogP contribution < -0.4 is 4.74 Å². The second-order valence-electron chi connectivity index (χ2n) is 3.73. The lowest BCUT2D eigenvalue weighted by Crippen LogP contribution is -1.92. The van der Waals surface area contributed by atoms with Crippen molar-refractivity contribution in [1.29, 1.82) is 5.26 Å². The SMILES string of the molecule is N#Cc1cc([N+](=O)[O-])ccc1Oc1ccc(F)c(Br)c1. The van der Waals surface area contributed by atoms with Crippen molar-refractivity contribution in [3.05, 3.63) is 62.4 Å². The molecule has 0 aliphatic carbocycles. The summed E-state index contributed by atoms with van der Waals surface area (Å²) in [6.45, 7) is 0. The van der Waals surface area contributed by atoms with Crippen LogP contribution in [-0.2, 0) is 0 Å². The van der Waals surface area contributed by atoms with Gasteiger partial charge in [0.25, 0.3) is 5.69 Å². The average Bonchev–Trinajstić information content (AvgIpc) is 2.43. The normalized spacial score (nSPS) is 9.85. The lowest BCUT2D eigenvalue weighted by atomic mass is 10.2. The Morgan fingerprint density at radius 1 is 1.30 bits per heavy atom. The van der Waals surface area contributed by atoms with Crippen LogP contribution in [0.5, 0.6) is 11.5 Å². The summed E-state index contributed by atoms with van der Waals surface area (Å²) < 4.78 is 18.7. The standard InChI is InChI=1S/C13H6BrFN2O3/c14-11-6-10(2-3-12(11)15)20-13-4-1-9(17(18)19)5-8(13)7-16/h1-6H. The summed E-state index contributed by atoms with van der Waals surface area (Å²) in [7, 11) is 0. The number of nitriles is 1. The van der Waals surface area contributed by atoms with Crippen molar-refractivity contribution in [2.24, 2.45) is 0 Å². The van der Waals surface area contributed by atoms with Gasteiger partial charge in [0, 0.05) is 12.1 Å². The minimum Gasteiger partial charge on any atom is -0.456 e. The van der Waals surface area contributed by atoms with E-state index in [1.807, 2.05) is 6.07 Å². The summed E-state index contributed by atoms with van der Waals surface area (Å²) in [6, 6.07) is 9.50. The predicted octanol–water partition coefficient (Wildman–Crippen LogP) is 4.16. The molecule has 100 valence electrons. The van der Waals surface area contributed by atoms with Crippen LogP contribution in [0.15, 0.2) is 40.9 Å². The molecule has 0 aliphatic heterocycles. The van der Waals surface area contributed by atoms with Crippen LogP contribution in [0, 0.1) is 27.3 Å². The Morgan fingerprint density at radius 2 is 2.05 bits per heavy atom. The third-order valence-corrected chi connectivity index (χ3v) is 3.02. The van der Waals surface area contributed by atoms with E-state index in [2.05, 4.69) is 15.9 Å². The van der Waals surface area contributed by atoms with Gasteiger partial charge < -0.3 is 4.74 Å². The van der Waals surface area contributed by atoms with Gasteiger partial charge in [0.1, 0.15) is 28.9 Å². The molecule has 2 rings (SSSR count). The Morgan fingerprint density at radius 3 is 2.65 bits per heavy atom. The third kappa shape index (κ3) is 2.92. The molecule has 0 spiro atoms. The number of halogens is 2. The number of non-ortho nitro benzene ring substituents is 1. The lowest BCUT2D eigenvalue weighted by Gasteiger charge is -2.07. The van der Waals surface area contributed by atoms with Gasteiger partial charge in [-0.15, -0.1) is 0 Å². The number of nitro benzene ring substituents is 1. The van der Waals surface area contributed by atoms with E-state index < -0.39 is 10.7 Å². The van der Waals surface area contributed by atoms with Crippen molar-refractivity contribution in [1.82, 2.24) is 0 Å². The fourth-order valence-electron chi connectivity index (χ4n) is 1.48. The molecule has 0 fully saturated rings. The van der Waals surface area contributed by atoms with Gasteiger partial charge in [-0.25, -0.2) is 4.39 Å². The molecule has 0 unspecified atom stereocenters. The molecular formula is C13H6BrFN2O3. The average molecular weight is 337 g/mol. The molecule has 0 N–H and O–H groups in total. The van der Waals surface area contributed by atoms with E-state index in [-0.39, 0.29) is 21.5 Å². The number of hydrogen-bond donors (Lipinski definition) is 0. The molecule has 0 heterocycles. The van der Waals surface area contributed by atoms with E-state index in [9.17, 15) is 14.5 Å². The monoisotopic (exact) mass is 336 g/mol. The molecule has 0 amide bonds. The number of hydrogen-bond acceptors (Lipinski definition) is 4. The zero-order valence-electron chi connectivity index (χ0n) is 9.84. The molecule has 20 heavy (non-hydrogen) atoms. The van der Waals surface area contributed by atoms with E-state index in [0.29, 0.717) is 5.75 Å². The molecule has 0 radical (unpaired) electrons. The van der Waals surface area contributed by atoms with Crippen LogP contribution >= 0.6 is 15.9 Å². The molecule has 0 aromatic heterocycles. The first-order valence-corrected chi connectivity index (χ1v) is 6.12. The van der Waals surface area contributed by atoms with Gasteiger partial charge in [-0.3, -0.25) is 10.1 Å². The summed E-state index contributed by atoms with van der Waals surface area (Å²) >= 11 is 3.02. The molecular weight excluding hydrogens is 331 g/mol. The fraction of sp³-hybridized carbons (Fsp3) is 0. The van der Waals surface area contributed by atoms with Crippen molar-refractivity contribution in [3.63, 3.8) is 0 Å². The number of nitrogens with zero attached hydrogens (tertiary/aromatic N) is 2. The maximum atomic E-state index is 13.1. The van der Waals surface area contributed by atoms with Crippen molar-refractivity contribution >= 4 is 21.6 Å². The summed E-state index contributed by atoms with van der Waals surface area (Å²) in [5.74, 6) is 0.0294. The topological polar surface area (TPSA) is 76.2 Å². The van der Waals surface area contributed by atoms with Crippen LogP contribution in [0.4, 0.5) is 10.1 Å². The van der Waals surface area contributed by atoms with Gasteiger partial charge in [0.05, 0.1) is 9.40 Å². The summed E-state index contributed by atoms with van der Waals surface area (Å²) in [5.41, 5.74) is -0.172. The Labute approximate surface area is 121 Å². The summed E-state index contributed by atoms with van der Waals surface area (Å²) in [5, 5.41) is 19.6. The smallest absolute Gasteiger partial charge is 0.271 e. The van der Waals surface area contributed by atoms with E-state index in [1.165, 1.54) is 30.3 Å². The molecule has 0 atom stereocenters. The second kappa shape index (κ2) is 5.67. The Kier molecular flexibility index (Phi) is 3.96. The minimum atomic E-state index is -0.598. The fourth-order valence-corrected chi connectivity index (χ4v) is 1.83. The highest BCUT2D eigenvalue weighted by molar-refractivity contribution is 9.10. The zero-order valence-corrected chi connectivity index (χ0v) is 11.4. The van der Waals surface area contributed by atoms with Crippen LogP contribution in [-0.4, -0.2) is 4.92 Å². The number of rotatable bonds is 3. The lowest BCUT2D eigenvalue weighted by molar-refractivity contribution is -0.384. The van der Waals surface area contributed by atoms with Crippen LogP contribution in [0.1, 0.15) is 5.56 Å². The van der Waals surface area contributed by atoms with Crippen LogP contribution in [0.3, 0.4) is 0 Å². The zero-order chi connectivity index (χ0) is 14.7. The minimum absolute atomic E-state index is 0.0275. The molecule has 0 aliphatic rings. The largest absolute Gasteiger partial charge is 0.456 e. The van der Waals surface area contributed by atoms with E-state index in [1.54, 1.807) is 0 Å². The maximum absolute atomic E-state index is 13.1. The van der Waals surface area contributed by atoms with Crippen molar-refractivity contribution in [2.45, 2.75) is 0 Å². The number of ether oxygens (including phenoxy) is 1. The Balaban J connectivity index is 2.36. The summed E-state index contributed by atoms with van der Waals surface area (Å²) in [6.07, 6.45) is 0. The number of benzene rings is 2.